The minimum atomic E-state index is -4.28. The monoisotopic (exact) mass is 330 g/mol. The summed E-state index contributed by atoms with van der Waals surface area (Å²) in [6, 6.07) is 5.31. The molecular weight excluding hydrogens is 309 g/mol. The Balaban J connectivity index is 1.56. The van der Waals surface area contributed by atoms with E-state index in [0.717, 1.165) is 56.2 Å². The molecule has 6 heteroatoms. The van der Waals surface area contributed by atoms with Gasteiger partial charge in [-0.05, 0) is 43.4 Å². The Hall–Kier alpha value is -1.56. The van der Waals surface area contributed by atoms with Crippen LogP contribution in [0.4, 0.5) is 13.2 Å². The van der Waals surface area contributed by atoms with Gasteiger partial charge in [-0.25, -0.2) is 4.79 Å². The Morgan fingerprint density at radius 3 is 2.17 bits per heavy atom. The second kappa shape index (κ2) is 7.34. The molecule has 1 heterocycles. The molecule has 2 rings (SSSR count). The van der Waals surface area contributed by atoms with E-state index in [1.807, 2.05) is 0 Å². The standard InChI is InChI=1S/C17H21F3O3/c18-17(19,20)14-9-7-13(8-10-14)6-4-2-1-3-5-11-16(12-23-16)15(21)22/h7-10H,1-6,11-12H2,(H,21,22). The average molecular weight is 330 g/mol. The van der Waals surface area contributed by atoms with Gasteiger partial charge in [-0.15, -0.1) is 0 Å². The first kappa shape index (κ1) is 17.8. The number of epoxide rings is 1. The molecule has 1 atom stereocenters. The van der Waals surface area contributed by atoms with Crippen molar-refractivity contribution >= 4 is 5.97 Å². The molecule has 0 saturated carbocycles. The normalized spacial score (nSPS) is 20.5. The van der Waals surface area contributed by atoms with Crippen LogP contribution in [0, 0.1) is 0 Å². The van der Waals surface area contributed by atoms with Crippen LogP contribution >= 0.6 is 0 Å². The zero-order chi connectivity index (χ0) is 16.9. The zero-order valence-electron chi connectivity index (χ0n) is 12.9. The van der Waals surface area contributed by atoms with Crippen LogP contribution in [0.5, 0.6) is 0 Å². The van der Waals surface area contributed by atoms with Gasteiger partial charge < -0.3 is 9.84 Å². The lowest BCUT2D eigenvalue weighted by molar-refractivity contribution is -0.143. The van der Waals surface area contributed by atoms with Crippen LogP contribution in [0.25, 0.3) is 0 Å². The molecule has 3 nitrogen and oxygen atoms in total. The molecular formula is C17H21F3O3. The molecule has 0 aromatic heterocycles. The first-order chi connectivity index (χ1) is 10.8. The number of carboxylic acids is 1. The third-order valence-corrected chi connectivity index (χ3v) is 4.21. The number of carboxylic acid groups (broad SMARTS) is 1. The van der Waals surface area contributed by atoms with Crippen molar-refractivity contribution in [3.05, 3.63) is 35.4 Å². The van der Waals surface area contributed by atoms with Crippen molar-refractivity contribution in [3.63, 3.8) is 0 Å². The van der Waals surface area contributed by atoms with Crippen molar-refractivity contribution in [2.45, 2.75) is 56.7 Å². The van der Waals surface area contributed by atoms with Crippen LogP contribution < -0.4 is 0 Å². The predicted molar refractivity (Wildman–Crippen MR) is 79.2 cm³/mol. The molecule has 0 bridgehead atoms. The predicted octanol–water partition coefficient (Wildman–Crippen LogP) is 4.44. The summed E-state index contributed by atoms with van der Waals surface area (Å²) in [7, 11) is 0. The molecule has 1 N–H and O–H groups in total. The van der Waals surface area contributed by atoms with Gasteiger partial charge in [-0.1, -0.05) is 31.4 Å². The van der Waals surface area contributed by atoms with E-state index in [1.165, 1.54) is 12.1 Å². The molecule has 1 fully saturated rings. The number of rotatable bonds is 9. The van der Waals surface area contributed by atoms with Crippen molar-refractivity contribution < 1.29 is 27.8 Å². The summed E-state index contributed by atoms with van der Waals surface area (Å²) in [6.45, 7) is 0.316. The summed E-state index contributed by atoms with van der Waals surface area (Å²) in [5.41, 5.74) is -0.620. The number of alkyl halides is 3. The maximum atomic E-state index is 12.4. The molecule has 1 aromatic carbocycles. The van der Waals surface area contributed by atoms with E-state index in [2.05, 4.69) is 0 Å². The lowest BCUT2D eigenvalue weighted by Gasteiger charge is -2.08. The van der Waals surface area contributed by atoms with Gasteiger partial charge in [0.05, 0.1) is 12.2 Å². The van der Waals surface area contributed by atoms with Crippen molar-refractivity contribution in [1.82, 2.24) is 0 Å². The fraction of sp³-hybridized carbons (Fsp3) is 0.588. The van der Waals surface area contributed by atoms with Crippen LogP contribution in [0.15, 0.2) is 24.3 Å². The molecule has 23 heavy (non-hydrogen) atoms. The summed E-state index contributed by atoms with van der Waals surface area (Å²) >= 11 is 0. The molecule has 0 aliphatic carbocycles. The topological polar surface area (TPSA) is 49.8 Å². The van der Waals surface area contributed by atoms with Crippen molar-refractivity contribution in [1.29, 1.82) is 0 Å². The van der Waals surface area contributed by atoms with Gasteiger partial charge in [-0.3, -0.25) is 0 Å². The lowest BCUT2D eigenvalue weighted by atomic mass is 10.00. The van der Waals surface area contributed by atoms with Crippen molar-refractivity contribution in [2.24, 2.45) is 0 Å². The molecule has 0 amide bonds. The number of benzene rings is 1. The Morgan fingerprint density at radius 2 is 1.65 bits per heavy atom. The number of aryl methyl sites for hydroxylation is 1. The van der Waals surface area contributed by atoms with Crippen LogP contribution in [0.1, 0.15) is 49.7 Å². The number of carbonyl (C=O) groups is 1. The highest BCUT2D eigenvalue weighted by Crippen LogP contribution is 2.33. The number of unbranched alkanes of at least 4 members (excludes halogenated alkanes) is 4. The van der Waals surface area contributed by atoms with E-state index in [0.29, 0.717) is 13.0 Å². The number of aliphatic carboxylic acids is 1. The summed E-state index contributed by atoms with van der Waals surface area (Å²) in [5.74, 6) is -0.875. The number of halogens is 3. The van der Waals surface area contributed by atoms with E-state index in [9.17, 15) is 18.0 Å². The van der Waals surface area contributed by atoms with E-state index in [-0.39, 0.29) is 0 Å². The summed E-state index contributed by atoms with van der Waals surface area (Å²) in [6.07, 6.45) is 1.72. The maximum Gasteiger partial charge on any atom is 0.416 e. The van der Waals surface area contributed by atoms with E-state index >= 15 is 0 Å². The van der Waals surface area contributed by atoms with Gasteiger partial charge in [-0.2, -0.15) is 13.2 Å². The second-order valence-electron chi connectivity index (χ2n) is 6.05. The number of hydrogen-bond acceptors (Lipinski definition) is 2. The second-order valence-corrected chi connectivity index (χ2v) is 6.05. The Kier molecular flexibility index (Phi) is 5.68. The van der Waals surface area contributed by atoms with Crippen LogP contribution in [-0.4, -0.2) is 23.3 Å². The van der Waals surface area contributed by atoms with Crippen molar-refractivity contribution in [3.8, 4) is 0 Å². The largest absolute Gasteiger partial charge is 0.479 e. The van der Waals surface area contributed by atoms with Crippen LogP contribution in [-0.2, 0) is 22.1 Å². The first-order valence-electron chi connectivity index (χ1n) is 7.87. The van der Waals surface area contributed by atoms with E-state index < -0.39 is 23.3 Å². The molecule has 1 aliphatic rings. The Labute approximate surface area is 133 Å². The SMILES string of the molecule is O=C(O)C1(CCCCCCCc2ccc(C(F)(F)F)cc2)CO1. The summed E-state index contributed by atoms with van der Waals surface area (Å²) < 4.78 is 42.3. The minimum absolute atomic E-state index is 0.316. The maximum absolute atomic E-state index is 12.4. The van der Waals surface area contributed by atoms with Gasteiger partial charge in [0.25, 0.3) is 0 Å². The van der Waals surface area contributed by atoms with Gasteiger partial charge in [0.15, 0.2) is 5.60 Å². The van der Waals surface area contributed by atoms with Gasteiger partial charge in [0.1, 0.15) is 0 Å². The van der Waals surface area contributed by atoms with Gasteiger partial charge in [0.2, 0.25) is 0 Å². The summed E-state index contributed by atoms with van der Waals surface area (Å²) in [4.78, 5) is 10.9. The van der Waals surface area contributed by atoms with Gasteiger partial charge >= 0.3 is 12.1 Å². The molecule has 1 unspecified atom stereocenters. The number of ether oxygens (including phenoxy) is 1. The quantitative estimate of drug-likeness (QED) is 0.538. The molecule has 0 radical (unpaired) electrons. The third-order valence-electron chi connectivity index (χ3n) is 4.21. The van der Waals surface area contributed by atoms with Crippen molar-refractivity contribution in [2.75, 3.05) is 6.61 Å². The highest BCUT2D eigenvalue weighted by atomic mass is 19.4. The molecule has 1 saturated heterocycles. The minimum Gasteiger partial charge on any atom is -0.479 e. The highest BCUT2D eigenvalue weighted by Gasteiger charge is 2.51. The third kappa shape index (κ3) is 5.23. The van der Waals surface area contributed by atoms with Crippen LogP contribution in [0.2, 0.25) is 0 Å². The Bertz CT molecular complexity index is 519. The first-order valence-corrected chi connectivity index (χ1v) is 7.87. The fourth-order valence-corrected chi connectivity index (χ4v) is 2.59. The van der Waals surface area contributed by atoms with E-state index in [4.69, 9.17) is 9.84 Å². The zero-order valence-corrected chi connectivity index (χ0v) is 12.9. The van der Waals surface area contributed by atoms with Crippen LogP contribution in [0.3, 0.4) is 0 Å². The van der Waals surface area contributed by atoms with Gasteiger partial charge in [0, 0.05) is 0 Å². The number of hydrogen-bond donors (Lipinski definition) is 1. The molecule has 128 valence electrons. The average Bonchev–Trinajstić information content (AvgIpc) is 3.27. The van der Waals surface area contributed by atoms with E-state index in [1.54, 1.807) is 0 Å². The fourth-order valence-electron chi connectivity index (χ4n) is 2.59. The molecule has 1 aromatic rings. The highest BCUT2D eigenvalue weighted by molar-refractivity contribution is 5.80. The molecule has 1 aliphatic heterocycles. The summed E-state index contributed by atoms with van der Waals surface area (Å²) in [5, 5.41) is 8.94. The Morgan fingerprint density at radius 1 is 1.09 bits per heavy atom. The lowest BCUT2D eigenvalue weighted by Crippen LogP contribution is -2.23. The smallest absolute Gasteiger partial charge is 0.416 e. The molecule has 0 spiro atoms.